The predicted octanol–water partition coefficient (Wildman–Crippen LogP) is 6.57. The number of fused-ring (bicyclic) bond motifs is 13. The first-order chi connectivity index (χ1) is 11.8. The molecule has 5 fully saturated rings. The number of hydrogen-bond acceptors (Lipinski definition) is 0. The Morgan fingerprint density at radius 3 is 1.92 bits per heavy atom. The summed E-state index contributed by atoms with van der Waals surface area (Å²) in [5.41, 5.74) is 0. The zero-order chi connectivity index (χ0) is 16.4. The van der Waals surface area contributed by atoms with Gasteiger partial charge in [-0.15, -0.1) is 0 Å². The van der Waals surface area contributed by atoms with Crippen LogP contribution in [0.25, 0.3) is 0 Å². The molecule has 11 atom stereocenters. The van der Waals surface area contributed by atoms with Crippen LogP contribution in [-0.4, -0.2) is 0 Å². The van der Waals surface area contributed by atoms with Gasteiger partial charge in [0.15, 0.2) is 0 Å². The van der Waals surface area contributed by atoms with Crippen molar-refractivity contribution in [2.45, 2.75) is 72.1 Å². The first-order valence-corrected chi connectivity index (χ1v) is 11.5. The van der Waals surface area contributed by atoms with E-state index < -0.39 is 0 Å². The summed E-state index contributed by atoms with van der Waals surface area (Å²) < 4.78 is 0. The molecule has 11 unspecified atom stereocenters. The molecule has 0 N–H and O–H groups in total. The maximum Gasteiger partial charge on any atom is -0.0196 e. The molecular formula is C24H38. The zero-order valence-electron chi connectivity index (χ0n) is 16.2. The van der Waals surface area contributed by atoms with Crippen LogP contribution in [0.5, 0.6) is 0 Å². The minimum atomic E-state index is 0.999. The van der Waals surface area contributed by atoms with E-state index in [1.807, 2.05) is 13.8 Å². The summed E-state index contributed by atoms with van der Waals surface area (Å²) in [6.45, 7) is 6.48. The molecule has 4 bridgehead atoms. The summed E-state index contributed by atoms with van der Waals surface area (Å²) in [7, 11) is 0. The molecule has 0 aromatic heterocycles. The molecular weight excluding hydrogens is 288 g/mol. The fraction of sp³-hybridized carbons (Fsp3) is 0.917. The van der Waals surface area contributed by atoms with Gasteiger partial charge < -0.3 is 0 Å². The molecule has 0 aliphatic heterocycles. The molecule has 0 heterocycles. The SMILES string of the molecule is CC.CCC1CCCC2C3CC(C4CC5C6C=CC(C6)C5CC34)C12. The standard InChI is InChI=1S/C22H32.C2H6/c1-2-12-4-3-5-15-18-11-21(22(12)15)20-10-17-14-7-6-13(8-14)16(17)9-19(18)20;1-2/h6-7,12-22H,2-5,8-11H2,1H3;1-2H3. The Morgan fingerprint density at radius 1 is 0.667 bits per heavy atom. The van der Waals surface area contributed by atoms with Gasteiger partial charge in [0.25, 0.3) is 0 Å². The Hall–Kier alpha value is -0.260. The Bertz CT molecular complexity index is 504. The van der Waals surface area contributed by atoms with E-state index in [2.05, 4.69) is 19.1 Å². The maximum atomic E-state index is 2.61. The fourth-order valence-electron chi connectivity index (χ4n) is 9.28. The van der Waals surface area contributed by atoms with Gasteiger partial charge in [0, 0.05) is 0 Å². The van der Waals surface area contributed by atoms with Crippen LogP contribution in [-0.2, 0) is 0 Å². The van der Waals surface area contributed by atoms with E-state index in [1.165, 1.54) is 18.8 Å². The van der Waals surface area contributed by atoms with Crippen molar-refractivity contribution in [3.63, 3.8) is 0 Å². The van der Waals surface area contributed by atoms with Crippen molar-refractivity contribution in [1.29, 1.82) is 0 Å². The smallest absolute Gasteiger partial charge is 0.0196 e. The van der Waals surface area contributed by atoms with Crippen molar-refractivity contribution in [3.05, 3.63) is 12.2 Å². The second-order valence-corrected chi connectivity index (χ2v) is 9.98. The van der Waals surface area contributed by atoms with Crippen molar-refractivity contribution in [1.82, 2.24) is 0 Å². The number of allylic oxidation sites excluding steroid dienone is 2. The highest BCUT2D eigenvalue weighted by molar-refractivity contribution is 5.18. The quantitative estimate of drug-likeness (QED) is 0.478. The largest absolute Gasteiger partial charge is 0.0848 e. The van der Waals surface area contributed by atoms with Gasteiger partial charge in [-0.25, -0.2) is 0 Å². The lowest BCUT2D eigenvalue weighted by molar-refractivity contribution is -0.0270. The van der Waals surface area contributed by atoms with Crippen LogP contribution in [0, 0.1) is 65.1 Å². The second-order valence-electron chi connectivity index (χ2n) is 9.98. The fourth-order valence-corrected chi connectivity index (χ4v) is 9.28. The molecule has 0 saturated heterocycles. The second kappa shape index (κ2) is 5.88. The third-order valence-corrected chi connectivity index (χ3v) is 9.80. The third-order valence-electron chi connectivity index (χ3n) is 9.80. The lowest BCUT2D eigenvalue weighted by Gasteiger charge is -2.52. The molecule has 6 aliphatic rings. The van der Waals surface area contributed by atoms with Crippen LogP contribution >= 0.6 is 0 Å². The van der Waals surface area contributed by atoms with Crippen LogP contribution in [0.15, 0.2) is 12.2 Å². The van der Waals surface area contributed by atoms with Gasteiger partial charge in [-0.2, -0.15) is 0 Å². The molecule has 6 rings (SSSR count). The average molecular weight is 327 g/mol. The van der Waals surface area contributed by atoms with Crippen molar-refractivity contribution >= 4 is 0 Å². The Morgan fingerprint density at radius 2 is 1.25 bits per heavy atom. The lowest BCUT2D eigenvalue weighted by Crippen LogP contribution is -2.45. The maximum absolute atomic E-state index is 2.61. The lowest BCUT2D eigenvalue weighted by atomic mass is 9.53. The molecule has 0 radical (unpaired) electrons. The van der Waals surface area contributed by atoms with Gasteiger partial charge in [0.05, 0.1) is 0 Å². The van der Waals surface area contributed by atoms with Crippen LogP contribution in [0.1, 0.15) is 72.1 Å². The van der Waals surface area contributed by atoms with E-state index in [0.29, 0.717) is 0 Å². The van der Waals surface area contributed by atoms with E-state index in [-0.39, 0.29) is 0 Å². The molecule has 0 heteroatoms. The van der Waals surface area contributed by atoms with Crippen molar-refractivity contribution in [2.24, 2.45) is 65.1 Å². The molecule has 6 aliphatic carbocycles. The molecule has 24 heavy (non-hydrogen) atoms. The summed E-state index contributed by atoms with van der Waals surface area (Å²) in [4.78, 5) is 0. The van der Waals surface area contributed by atoms with Gasteiger partial charge in [-0.05, 0) is 97.2 Å². The molecule has 134 valence electrons. The van der Waals surface area contributed by atoms with Crippen LogP contribution < -0.4 is 0 Å². The van der Waals surface area contributed by atoms with E-state index >= 15 is 0 Å². The van der Waals surface area contributed by atoms with Crippen LogP contribution in [0.4, 0.5) is 0 Å². The molecule has 0 spiro atoms. The minimum absolute atomic E-state index is 0.999. The average Bonchev–Trinajstić information content (AvgIpc) is 3.40. The van der Waals surface area contributed by atoms with Gasteiger partial charge in [0.1, 0.15) is 0 Å². The molecule has 5 saturated carbocycles. The molecule has 0 amide bonds. The van der Waals surface area contributed by atoms with Crippen LogP contribution in [0.3, 0.4) is 0 Å². The van der Waals surface area contributed by atoms with E-state index in [1.54, 1.807) is 38.5 Å². The van der Waals surface area contributed by atoms with Gasteiger partial charge in [0.2, 0.25) is 0 Å². The van der Waals surface area contributed by atoms with Crippen molar-refractivity contribution in [2.75, 3.05) is 0 Å². The van der Waals surface area contributed by atoms with E-state index in [4.69, 9.17) is 0 Å². The van der Waals surface area contributed by atoms with E-state index in [9.17, 15) is 0 Å². The zero-order valence-corrected chi connectivity index (χ0v) is 16.2. The number of rotatable bonds is 1. The van der Waals surface area contributed by atoms with Crippen LogP contribution in [0.2, 0.25) is 0 Å². The Labute approximate surface area is 149 Å². The Balaban J connectivity index is 0.000000632. The summed E-state index contributed by atoms with van der Waals surface area (Å²) in [6, 6.07) is 0. The van der Waals surface area contributed by atoms with Gasteiger partial charge >= 0.3 is 0 Å². The molecule has 0 aromatic rings. The highest BCUT2D eigenvalue weighted by atomic mass is 14.7. The van der Waals surface area contributed by atoms with Crippen molar-refractivity contribution in [3.8, 4) is 0 Å². The van der Waals surface area contributed by atoms with Crippen molar-refractivity contribution < 1.29 is 0 Å². The summed E-state index contributed by atoms with van der Waals surface area (Å²) in [5.74, 6) is 12.3. The number of hydrogen-bond donors (Lipinski definition) is 0. The monoisotopic (exact) mass is 326 g/mol. The first-order valence-electron chi connectivity index (χ1n) is 11.5. The van der Waals surface area contributed by atoms with E-state index in [0.717, 1.165) is 59.2 Å². The highest BCUT2D eigenvalue weighted by Crippen LogP contribution is 2.70. The minimum Gasteiger partial charge on any atom is -0.0848 e. The molecule has 0 aromatic carbocycles. The predicted molar refractivity (Wildman–Crippen MR) is 101 cm³/mol. The summed E-state index contributed by atoms with van der Waals surface area (Å²) in [5, 5.41) is 0. The summed E-state index contributed by atoms with van der Waals surface area (Å²) >= 11 is 0. The summed E-state index contributed by atoms with van der Waals surface area (Å²) in [6.07, 6.45) is 17.9. The molecule has 0 nitrogen and oxygen atoms in total. The highest BCUT2D eigenvalue weighted by Gasteiger charge is 2.63. The first kappa shape index (κ1) is 16.0. The van der Waals surface area contributed by atoms with Gasteiger partial charge in [-0.1, -0.05) is 52.2 Å². The Kier molecular flexibility index (Phi) is 3.91. The van der Waals surface area contributed by atoms with Gasteiger partial charge in [-0.3, -0.25) is 0 Å². The normalized spacial score (nSPS) is 58.7. The topological polar surface area (TPSA) is 0 Å². The third kappa shape index (κ3) is 1.98.